The van der Waals surface area contributed by atoms with E-state index >= 15 is 0 Å². The van der Waals surface area contributed by atoms with E-state index in [1.54, 1.807) is 13.0 Å². The first-order valence-corrected chi connectivity index (χ1v) is 7.96. The monoisotopic (exact) mass is 374 g/mol. The summed E-state index contributed by atoms with van der Waals surface area (Å²) in [4.78, 5) is 23.7. The number of benzene rings is 1. The number of urea groups is 1. The van der Waals surface area contributed by atoms with E-state index in [1.165, 1.54) is 12.1 Å². The number of anilines is 1. The van der Waals surface area contributed by atoms with Gasteiger partial charge in [0.25, 0.3) is 0 Å². The van der Waals surface area contributed by atoms with Crippen molar-refractivity contribution in [3.8, 4) is 0 Å². The lowest BCUT2D eigenvalue weighted by atomic mass is 10.1. The Morgan fingerprint density at radius 1 is 1.36 bits per heavy atom. The molecule has 0 bridgehead atoms. The molecular formula is C15H20BrFN2O3. The number of hydrogen-bond acceptors (Lipinski definition) is 3. The summed E-state index contributed by atoms with van der Waals surface area (Å²) in [5.41, 5.74) is 0.0406. The van der Waals surface area contributed by atoms with Crippen LogP contribution in [-0.2, 0) is 9.53 Å². The Kier molecular flexibility index (Phi) is 7.87. The molecule has 1 aromatic rings. The van der Waals surface area contributed by atoms with Crippen molar-refractivity contribution in [1.82, 2.24) is 5.32 Å². The van der Waals surface area contributed by atoms with Gasteiger partial charge in [-0.2, -0.15) is 0 Å². The third kappa shape index (κ3) is 6.01. The highest BCUT2D eigenvalue weighted by atomic mass is 79.9. The fourth-order valence-corrected chi connectivity index (χ4v) is 2.14. The number of nitrogens with one attached hydrogen (secondary N) is 2. The fourth-order valence-electron chi connectivity index (χ4n) is 1.81. The Morgan fingerprint density at radius 2 is 2.09 bits per heavy atom. The number of ether oxygens (including phenoxy) is 1. The lowest BCUT2D eigenvalue weighted by Crippen LogP contribution is -2.44. The SMILES string of the molecule is CCCCC(NC(=O)Nc1ccc(Br)cc1F)C(=O)OCC. The van der Waals surface area contributed by atoms with E-state index in [0.29, 0.717) is 10.9 Å². The lowest BCUT2D eigenvalue weighted by molar-refractivity contribution is -0.145. The second kappa shape index (κ2) is 9.40. The molecule has 0 aromatic heterocycles. The molecule has 1 atom stereocenters. The molecule has 0 heterocycles. The van der Waals surface area contributed by atoms with Gasteiger partial charge in [0.1, 0.15) is 11.9 Å². The second-order valence-corrected chi connectivity index (χ2v) is 5.59. The van der Waals surface area contributed by atoms with Crippen LogP contribution in [0.25, 0.3) is 0 Å². The van der Waals surface area contributed by atoms with E-state index in [0.717, 1.165) is 12.8 Å². The number of hydrogen-bond donors (Lipinski definition) is 2. The summed E-state index contributed by atoms with van der Waals surface area (Å²) in [7, 11) is 0. The molecule has 0 saturated heterocycles. The Morgan fingerprint density at radius 3 is 2.68 bits per heavy atom. The van der Waals surface area contributed by atoms with Gasteiger partial charge in [0.2, 0.25) is 0 Å². The summed E-state index contributed by atoms with van der Waals surface area (Å²) in [5, 5.41) is 4.91. The minimum atomic E-state index is -0.738. The molecule has 0 aliphatic rings. The zero-order valence-corrected chi connectivity index (χ0v) is 14.2. The molecule has 0 spiro atoms. The average molecular weight is 375 g/mol. The van der Waals surface area contributed by atoms with Crippen LogP contribution in [0, 0.1) is 5.82 Å². The molecule has 0 saturated carbocycles. The summed E-state index contributed by atoms with van der Waals surface area (Å²) < 4.78 is 19.2. The minimum Gasteiger partial charge on any atom is -0.464 e. The van der Waals surface area contributed by atoms with Crippen molar-refractivity contribution in [2.45, 2.75) is 39.2 Å². The predicted octanol–water partition coefficient (Wildman–Crippen LogP) is 3.83. The second-order valence-electron chi connectivity index (χ2n) is 4.67. The van der Waals surface area contributed by atoms with Crippen LogP contribution >= 0.6 is 15.9 Å². The van der Waals surface area contributed by atoms with E-state index in [9.17, 15) is 14.0 Å². The van der Waals surface area contributed by atoms with Crippen molar-refractivity contribution in [3.05, 3.63) is 28.5 Å². The third-order valence-corrected chi connectivity index (χ3v) is 3.40. The molecule has 5 nitrogen and oxygen atoms in total. The van der Waals surface area contributed by atoms with Crippen LogP contribution in [0.1, 0.15) is 33.1 Å². The standard InChI is InChI=1S/C15H20BrFN2O3/c1-3-5-6-13(14(20)22-4-2)19-15(21)18-12-8-7-10(16)9-11(12)17/h7-9,13H,3-6H2,1-2H3,(H2,18,19,21). The number of amides is 2. The molecule has 0 aliphatic carbocycles. The molecule has 22 heavy (non-hydrogen) atoms. The van der Waals surface area contributed by atoms with Crippen molar-refractivity contribution in [2.24, 2.45) is 0 Å². The molecule has 122 valence electrons. The number of carbonyl (C=O) groups excluding carboxylic acids is 2. The van der Waals surface area contributed by atoms with Crippen LogP contribution in [0.3, 0.4) is 0 Å². The van der Waals surface area contributed by atoms with Gasteiger partial charge in [-0.3, -0.25) is 0 Å². The van der Waals surface area contributed by atoms with Gasteiger partial charge in [-0.1, -0.05) is 35.7 Å². The maximum absolute atomic E-state index is 13.7. The van der Waals surface area contributed by atoms with E-state index in [2.05, 4.69) is 26.6 Å². The molecular weight excluding hydrogens is 355 g/mol. The normalized spacial score (nSPS) is 11.6. The Balaban J connectivity index is 2.67. The number of halogens is 2. The highest BCUT2D eigenvalue weighted by Crippen LogP contribution is 2.19. The summed E-state index contributed by atoms with van der Waals surface area (Å²) >= 11 is 3.14. The van der Waals surface area contributed by atoms with Crippen molar-refractivity contribution in [3.63, 3.8) is 0 Å². The quantitative estimate of drug-likeness (QED) is 0.712. The molecule has 2 N–H and O–H groups in total. The van der Waals surface area contributed by atoms with Gasteiger partial charge in [0, 0.05) is 4.47 Å². The van der Waals surface area contributed by atoms with Crippen molar-refractivity contribution < 1.29 is 18.7 Å². The van der Waals surface area contributed by atoms with Crippen LogP contribution < -0.4 is 10.6 Å². The minimum absolute atomic E-state index is 0.0406. The predicted molar refractivity (Wildman–Crippen MR) is 86.2 cm³/mol. The van der Waals surface area contributed by atoms with Gasteiger partial charge in [-0.25, -0.2) is 14.0 Å². The lowest BCUT2D eigenvalue weighted by Gasteiger charge is -2.17. The van der Waals surface area contributed by atoms with Crippen molar-refractivity contribution in [2.75, 3.05) is 11.9 Å². The van der Waals surface area contributed by atoms with Crippen LogP contribution in [0.4, 0.5) is 14.9 Å². The third-order valence-electron chi connectivity index (χ3n) is 2.90. The zero-order chi connectivity index (χ0) is 16.5. The molecule has 0 radical (unpaired) electrons. The van der Waals surface area contributed by atoms with E-state index in [4.69, 9.17) is 4.74 Å². The number of esters is 1. The molecule has 1 rings (SSSR count). The van der Waals surface area contributed by atoms with Crippen LogP contribution in [-0.4, -0.2) is 24.6 Å². The fraction of sp³-hybridized carbons (Fsp3) is 0.467. The molecule has 1 aromatic carbocycles. The van der Waals surface area contributed by atoms with Gasteiger partial charge in [0.15, 0.2) is 0 Å². The molecule has 1 unspecified atom stereocenters. The van der Waals surface area contributed by atoms with Crippen LogP contribution in [0.5, 0.6) is 0 Å². The average Bonchev–Trinajstić information content (AvgIpc) is 2.46. The maximum atomic E-state index is 13.7. The highest BCUT2D eigenvalue weighted by Gasteiger charge is 2.21. The van der Waals surface area contributed by atoms with Gasteiger partial charge in [0.05, 0.1) is 12.3 Å². The summed E-state index contributed by atoms with van der Waals surface area (Å²) in [6, 6.07) is 2.91. The van der Waals surface area contributed by atoms with Gasteiger partial charge in [-0.05, 0) is 31.5 Å². The van der Waals surface area contributed by atoms with Crippen molar-refractivity contribution >= 4 is 33.6 Å². The summed E-state index contributed by atoms with van der Waals surface area (Å²) in [5.74, 6) is -1.05. The molecule has 7 heteroatoms. The number of unbranched alkanes of at least 4 members (excludes halogenated alkanes) is 1. The van der Waals surface area contributed by atoms with E-state index < -0.39 is 23.9 Å². The Labute approximate surface area is 137 Å². The summed E-state index contributed by atoms with van der Waals surface area (Å²) in [6.45, 7) is 3.93. The van der Waals surface area contributed by atoms with E-state index in [1.807, 2.05) is 6.92 Å². The largest absolute Gasteiger partial charge is 0.464 e. The molecule has 0 aliphatic heterocycles. The first-order valence-electron chi connectivity index (χ1n) is 7.17. The van der Waals surface area contributed by atoms with Crippen LogP contribution in [0.15, 0.2) is 22.7 Å². The Bertz CT molecular complexity index is 526. The van der Waals surface area contributed by atoms with E-state index in [-0.39, 0.29) is 12.3 Å². The molecule has 0 fully saturated rings. The van der Waals surface area contributed by atoms with Gasteiger partial charge < -0.3 is 15.4 Å². The van der Waals surface area contributed by atoms with Gasteiger partial charge in [-0.15, -0.1) is 0 Å². The van der Waals surface area contributed by atoms with Crippen LogP contribution in [0.2, 0.25) is 0 Å². The van der Waals surface area contributed by atoms with Crippen molar-refractivity contribution in [1.29, 1.82) is 0 Å². The smallest absolute Gasteiger partial charge is 0.328 e. The summed E-state index contributed by atoms with van der Waals surface area (Å²) in [6.07, 6.45) is 2.14. The Hall–Kier alpha value is -1.63. The first-order chi connectivity index (χ1) is 10.5. The zero-order valence-electron chi connectivity index (χ0n) is 12.6. The number of carbonyl (C=O) groups is 2. The highest BCUT2D eigenvalue weighted by molar-refractivity contribution is 9.10. The topological polar surface area (TPSA) is 67.4 Å². The molecule has 2 amide bonds. The number of rotatable bonds is 7. The maximum Gasteiger partial charge on any atom is 0.328 e. The first kappa shape index (κ1) is 18.4. The van der Waals surface area contributed by atoms with Gasteiger partial charge >= 0.3 is 12.0 Å².